The largest absolute Gasteiger partial charge is 0.388 e. The molecule has 3 aliphatic rings. The van der Waals surface area contributed by atoms with Crippen LogP contribution >= 0.6 is 0 Å². The number of ether oxygens (including phenoxy) is 5. The van der Waals surface area contributed by atoms with E-state index in [9.17, 15) is 40.9 Å². The lowest BCUT2D eigenvalue weighted by atomic mass is 9.97. The minimum absolute atomic E-state index is 0.877. The van der Waals surface area contributed by atoms with E-state index in [4.69, 9.17) is 23.7 Å². The summed E-state index contributed by atoms with van der Waals surface area (Å²) >= 11 is 0. The van der Waals surface area contributed by atoms with Crippen LogP contribution in [0.5, 0.6) is 0 Å². The summed E-state index contributed by atoms with van der Waals surface area (Å²) in [5.74, 6) is 0. The molecule has 13 heteroatoms. The van der Waals surface area contributed by atoms with Gasteiger partial charge in [0, 0.05) is 0 Å². The second-order valence-electron chi connectivity index (χ2n) is 8.29. The third-order valence-electron chi connectivity index (χ3n) is 5.97. The highest BCUT2D eigenvalue weighted by Crippen LogP contribution is 2.31. The van der Waals surface area contributed by atoms with Crippen molar-refractivity contribution in [3.8, 4) is 0 Å². The Labute approximate surface area is 178 Å². The van der Waals surface area contributed by atoms with E-state index >= 15 is 0 Å². The fourth-order valence-electron chi connectivity index (χ4n) is 3.91. The van der Waals surface area contributed by atoms with Crippen molar-refractivity contribution in [2.75, 3.05) is 0 Å². The molecular weight excluding hydrogens is 424 g/mol. The zero-order valence-electron chi connectivity index (χ0n) is 17.3. The van der Waals surface area contributed by atoms with Crippen LogP contribution in [0.4, 0.5) is 0 Å². The Kier molecular flexibility index (Phi) is 7.91. The molecule has 0 radical (unpaired) electrons. The van der Waals surface area contributed by atoms with E-state index < -0.39 is 92.1 Å². The van der Waals surface area contributed by atoms with Gasteiger partial charge < -0.3 is 64.5 Å². The smallest absolute Gasteiger partial charge is 0.187 e. The zero-order chi connectivity index (χ0) is 23.2. The lowest BCUT2D eigenvalue weighted by Crippen LogP contribution is -2.65. The molecule has 15 atom stereocenters. The Bertz CT molecular complexity index is 547. The number of rotatable bonds is 4. The monoisotopic (exact) mass is 456 g/mol. The van der Waals surface area contributed by atoms with Crippen LogP contribution in [0.3, 0.4) is 0 Å². The van der Waals surface area contributed by atoms with Gasteiger partial charge in [0.05, 0.1) is 18.3 Å². The number of hydrogen-bond acceptors (Lipinski definition) is 13. The second kappa shape index (κ2) is 9.77. The van der Waals surface area contributed by atoms with E-state index in [1.165, 1.54) is 20.8 Å². The molecule has 1 unspecified atom stereocenters. The SMILES string of the molecule is C[C@@H]1O[C@@H](O[C@@H]2[C@H](O)[C@@H](O[C@@H]3O[C@H](C)[C@@H](O)[C@H](O)[C@H]3O)C(O)O[C@@H]2C)[C@H](O)[C@H](O)[C@H]1O. The van der Waals surface area contributed by atoms with E-state index in [-0.39, 0.29) is 0 Å². The van der Waals surface area contributed by atoms with Crippen LogP contribution in [0, 0.1) is 0 Å². The van der Waals surface area contributed by atoms with Gasteiger partial charge in [0.15, 0.2) is 18.9 Å². The zero-order valence-corrected chi connectivity index (χ0v) is 17.3. The highest BCUT2D eigenvalue weighted by molar-refractivity contribution is 4.94. The molecule has 3 heterocycles. The van der Waals surface area contributed by atoms with Gasteiger partial charge in [0.2, 0.25) is 0 Å². The summed E-state index contributed by atoms with van der Waals surface area (Å²) in [4.78, 5) is 0. The van der Waals surface area contributed by atoms with Gasteiger partial charge in [-0.2, -0.15) is 0 Å². The van der Waals surface area contributed by atoms with Gasteiger partial charge in [-0.3, -0.25) is 0 Å². The maximum Gasteiger partial charge on any atom is 0.187 e. The standard InChI is InChI=1S/C18H32O13/c1-4-7(19)9(21)11(23)17(28-4)30-14-6(3)27-16(26)15(13(14)25)31-18-12(24)10(22)8(20)5(2)29-18/h4-26H,1-3H3/t4-,5+,6+,7-,8+,9+,10-,11+,12+,13-,14-,15+,16?,17-,18-/m0/s1. The summed E-state index contributed by atoms with van der Waals surface area (Å²) in [7, 11) is 0. The van der Waals surface area contributed by atoms with Gasteiger partial charge in [-0.05, 0) is 20.8 Å². The Morgan fingerprint density at radius 2 is 0.871 bits per heavy atom. The van der Waals surface area contributed by atoms with Crippen LogP contribution in [-0.4, -0.2) is 133 Å². The first-order valence-electron chi connectivity index (χ1n) is 10.2. The first-order chi connectivity index (χ1) is 14.4. The first kappa shape index (κ1) is 25.1. The summed E-state index contributed by atoms with van der Waals surface area (Å²) in [5.41, 5.74) is 0. The minimum atomic E-state index is -1.68. The molecule has 3 rings (SSSR count). The molecule has 3 fully saturated rings. The predicted octanol–water partition coefficient (Wildman–Crippen LogP) is -4.49. The molecule has 0 amide bonds. The van der Waals surface area contributed by atoms with Crippen molar-refractivity contribution in [2.24, 2.45) is 0 Å². The van der Waals surface area contributed by atoms with Gasteiger partial charge >= 0.3 is 0 Å². The maximum absolute atomic E-state index is 10.8. The molecule has 0 saturated carbocycles. The average molecular weight is 456 g/mol. The van der Waals surface area contributed by atoms with Gasteiger partial charge in [-0.25, -0.2) is 0 Å². The van der Waals surface area contributed by atoms with Crippen molar-refractivity contribution in [2.45, 2.75) is 113 Å². The summed E-state index contributed by atoms with van der Waals surface area (Å²) < 4.78 is 27.1. The van der Waals surface area contributed by atoms with Crippen molar-refractivity contribution in [1.82, 2.24) is 0 Å². The van der Waals surface area contributed by atoms with E-state index in [0.29, 0.717) is 0 Å². The van der Waals surface area contributed by atoms with Crippen LogP contribution in [0.2, 0.25) is 0 Å². The van der Waals surface area contributed by atoms with Crippen molar-refractivity contribution in [1.29, 1.82) is 0 Å². The van der Waals surface area contributed by atoms with E-state index in [2.05, 4.69) is 0 Å². The summed E-state index contributed by atoms with van der Waals surface area (Å²) in [6.45, 7) is 4.38. The molecule has 0 aromatic rings. The van der Waals surface area contributed by atoms with Crippen molar-refractivity contribution in [3.05, 3.63) is 0 Å². The molecule has 0 aliphatic carbocycles. The van der Waals surface area contributed by atoms with E-state index in [1.54, 1.807) is 0 Å². The molecule has 13 nitrogen and oxygen atoms in total. The lowest BCUT2D eigenvalue weighted by molar-refractivity contribution is -0.376. The van der Waals surface area contributed by atoms with Crippen LogP contribution in [0.1, 0.15) is 20.8 Å². The molecule has 0 spiro atoms. The van der Waals surface area contributed by atoms with Crippen molar-refractivity contribution in [3.63, 3.8) is 0 Å². The molecular formula is C18H32O13. The summed E-state index contributed by atoms with van der Waals surface area (Å²) in [6, 6.07) is 0. The predicted molar refractivity (Wildman–Crippen MR) is 97.0 cm³/mol. The molecule has 8 N–H and O–H groups in total. The quantitative estimate of drug-likeness (QED) is 0.201. The third-order valence-corrected chi connectivity index (χ3v) is 5.97. The van der Waals surface area contributed by atoms with E-state index in [0.717, 1.165) is 0 Å². The maximum atomic E-state index is 10.8. The molecule has 3 saturated heterocycles. The molecule has 0 bridgehead atoms. The van der Waals surface area contributed by atoms with Gasteiger partial charge in [0.25, 0.3) is 0 Å². The summed E-state index contributed by atoms with van der Waals surface area (Å²) in [5, 5.41) is 80.8. The van der Waals surface area contributed by atoms with Gasteiger partial charge in [-0.15, -0.1) is 0 Å². The van der Waals surface area contributed by atoms with Crippen LogP contribution in [0.15, 0.2) is 0 Å². The molecule has 3 aliphatic heterocycles. The molecule has 182 valence electrons. The highest BCUT2D eigenvalue weighted by Gasteiger charge is 2.51. The van der Waals surface area contributed by atoms with Gasteiger partial charge in [0.1, 0.15) is 54.9 Å². The number of aliphatic hydroxyl groups is 8. The summed E-state index contributed by atoms with van der Waals surface area (Å²) in [6.07, 6.45) is -20.8. The first-order valence-corrected chi connectivity index (χ1v) is 10.2. The Morgan fingerprint density at radius 3 is 1.32 bits per heavy atom. The lowest BCUT2D eigenvalue weighted by Gasteiger charge is -2.47. The van der Waals surface area contributed by atoms with Crippen molar-refractivity contribution >= 4 is 0 Å². The highest BCUT2D eigenvalue weighted by atomic mass is 16.7. The second-order valence-corrected chi connectivity index (χ2v) is 8.29. The van der Waals surface area contributed by atoms with Crippen LogP contribution in [-0.2, 0) is 23.7 Å². The Morgan fingerprint density at radius 1 is 0.452 bits per heavy atom. The number of hydrogen-bond donors (Lipinski definition) is 8. The topological polar surface area (TPSA) is 208 Å². The fourth-order valence-corrected chi connectivity index (χ4v) is 3.91. The fraction of sp³-hybridized carbons (Fsp3) is 1.00. The van der Waals surface area contributed by atoms with Gasteiger partial charge in [-0.1, -0.05) is 0 Å². The minimum Gasteiger partial charge on any atom is -0.388 e. The molecule has 0 aromatic carbocycles. The van der Waals surface area contributed by atoms with Crippen LogP contribution < -0.4 is 0 Å². The molecule has 31 heavy (non-hydrogen) atoms. The average Bonchev–Trinajstić information content (AvgIpc) is 2.72. The normalized spacial score (nSPS) is 56.4. The number of aliphatic hydroxyl groups excluding tert-OH is 8. The van der Waals surface area contributed by atoms with Crippen molar-refractivity contribution < 1.29 is 64.5 Å². The molecule has 0 aromatic heterocycles. The van der Waals surface area contributed by atoms with Crippen LogP contribution in [0.25, 0.3) is 0 Å². The van der Waals surface area contributed by atoms with E-state index in [1.807, 2.05) is 0 Å². The Balaban J connectivity index is 1.71. The third kappa shape index (κ3) is 4.89. The Hall–Kier alpha value is -0.520.